The molecule has 10 aromatic carbocycles. The predicted molar refractivity (Wildman–Crippen MR) is 506 cm³/mol. The third-order valence-corrected chi connectivity index (χ3v) is 16.5. The molecule has 0 heterocycles. The standard InChI is InChI=1S/4C11H9O.C11H7O.3C11H9O.2C11H7O.10H2O.10Rb/c4*1-8-7-11(8)9-3-2-4-10(12)6-5-9;1-3-9(2)10-5-4-6-11(12)8-7-10;5*1-2-3-5-10-6-4-7-11(12)9-8-10;;;;;;;;;;;;;;;;;;;;/h2*2-3,5-7,11H,1H3;2*2-3,5-8H,1H3;1,4-5,7-8H,2H2;4,6,8-9H,5H2,1H3;4,6,8-9H,2H2,1H3;1,4,6,8-9H,3,5H2;2,4,6,8-9H,1H2;1,3-6,8-9H;10*1H2;;;;;;;;;;/q10*-1;;;;;;;;;;;10*+1/p-10/b;;;;;;;;;5-3+;;;;;;;;;;;;;;;;;;;;/t;;2*8-;;;;;;;;;;;;;;;;;;;;;;;;;;/m..10........................../s1. The molecular weight excluding hydrogens is 2500 g/mol. The van der Waals surface area contributed by atoms with E-state index in [0.29, 0.717) is 42.1 Å². The van der Waals surface area contributed by atoms with Crippen LogP contribution in [0.5, 0.6) is 0 Å². The van der Waals surface area contributed by atoms with Crippen LogP contribution in [0.25, 0.3) is 22.8 Å². The van der Waals surface area contributed by atoms with Gasteiger partial charge in [0.1, 0.15) is 0 Å². The second-order valence-electron chi connectivity index (χ2n) is 25.8. The van der Waals surface area contributed by atoms with Gasteiger partial charge < -0.3 is 103 Å². The molecule has 0 fully saturated rings. The fourth-order valence-corrected chi connectivity index (χ4v) is 9.77. The van der Waals surface area contributed by atoms with Crippen molar-refractivity contribution in [2.45, 2.75) is 79.1 Å². The summed E-state index contributed by atoms with van der Waals surface area (Å²) in [7, 11) is 0. The molecule has 0 bridgehead atoms. The van der Waals surface area contributed by atoms with Crippen molar-refractivity contribution in [2.75, 3.05) is 0 Å². The summed E-state index contributed by atoms with van der Waals surface area (Å²) in [5.74, 6) is 26.6. The van der Waals surface area contributed by atoms with Gasteiger partial charge in [0, 0.05) is 36.7 Å². The van der Waals surface area contributed by atoms with Crippen LogP contribution in [-0.4, -0.2) is 54.8 Å². The number of rotatable bonds is 9. The minimum absolute atomic E-state index is 0. The van der Waals surface area contributed by atoms with Crippen LogP contribution in [0.3, 0.4) is 0 Å². The van der Waals surface area contributed by atoms with Gasteiger partial charge in [-0.2, -0.15) is 109 Å². The zero-order valence-corrected chi connectivity index (χ0v) is 131. The van der Waals surface area contributed by atoms with Crippen molar-refractivity contribution >= 4 is 22.8 Å². The molecular formula is C110H94O20Rb10-10. The van der Waals surface area contributed by atoms with Gasteiger partial charge >= 0.3 is 582 Å². The summed E-state index contributed by atoms with van der Waals surface area (Å²) >= 11 is 0. The maximum absolute atomic E-state index is 10.9. The van der Waals surface area contributed by atoms with Gasteiger partial charge in [-0.05, 0) is 62.3 Å². The van der Waals surface area contributed by atoms with E-state index in [1.165, 1.54) is 75.9 Å². The Bertz CT molecular complexity index is 6340. The summed E-state index contributed by atoms with van der Waals surface area (Å²) in [4.78, 5) is 108. The number of allylic oxidation sites excluding steroid dienone is 11. The Morgan fingerprint density at radius 1 is 0.371 bits per heavy atom. The molecule has 0 saturated carbocycles. The third kappa shape index (κ3) is 85.5. The zero-order chi connectivity index (χ0) is 87.2. The van der Waals surface area contributed by atoms with Crippen LogP contribution < -0.4 is 636 Å². The van der Waals surface area contributed by atoms with Gasteiger partial charge in [-0.1, -0.05) is 150 Å². The minimum atomic E-state index is -0.161. The summed E-state index contributed by atoms with van der Waals surface area (Å²) in [5.41, 5.74) is 15.1. The Hall–Kier alpha value is 2.09. The molecule has 4 aliphatic rings. The Labute approximate surface area is 1310 Å². The van der Waals surface area contributed by atoms with Crippen molar-refractivity contribution in [3.63, 3.8) is 0 Å². The molecule has 0 spiro atoms. The Balaban J connectivity index is -0.0000000858. The van der Waals surface area contributed by atoms with Crippen LogP contribution in [0.1, 0.15) is 122 Å². The molecule has 0 aliphatic heterocycles. The second kappa shape index (κ2) is 109. The predicted octanol–water partition coefficient (Wildman–Crippen LogP) is -15.4. The van der Waals surface area contributed by atoms with Gasteiger partial charge in [-0.3, -0.25) is 0 Å². The molecule has 0 amide bonds. The van der Waals surface area contributed by atoms with E-state index in [2.05, 4.69) is 179 Å². The maximum Gasteiger partial charge on any atom is 1.00 e. The van der Waals surface area contributed by atoms with E-state index < -0.39 is 0 Å². The van der Waals surface area contributed by atoms with E-state index in [1.54, 1.807) is 165 Å². The van der Waals surface area contributed by atoms with Gasteiger partial charge in [0.25, 0.3) is 0 Å². The van der Waals surface area contributed by atoms with Crippen LogP contribution in [-0.2, 0) is 12.8 Å². The maximum atomic E-state index is 10.9. The first-order valence-corrected chi connectivity index (χ1v) is 37.7. The van der Waals surface area contributed by atoms with E-state index in [1.807, 2.05) is 67.6 Å². The molecule has 674 valence electrons. The normalized spacial score (nSPS) is 11.3. The first-order valence-electron chi connectivity index (χ1n) is 37.7. The number of hydrogen-bond donors (Lipinski definition) is 0. The van der Waals surface area contributed by atoms with Gasteiger partial charge in [-0.25, -0.2) is 0 Å². The summed E-state index contributed by atoms with van der Waals surface area (Å²) in [5, 5.41) is 0. The van der Waals surface area contributed by atoms with E-state index in [0.717, 1.165) is 57.3 Å². The molecule has 20 nitrogen and oxygen atoms in total. The Morgan fingerprint density at radius 3 is 1.04 bits per heavy atom. The van der Waals surface area contributed by atoms with Gasteiger partial charge in [0.15, 0.2) is 0 Å². The minimum Gasteiger partial charge on any atom is -0.870 e. The molecule has 30 heteroatoms. The summed E-state index contributed by atoms with van der Waals surface area (Å²) in [6.07, 6.45) is 31.9. The van der Waals surface area contributed by atoms with Crippen molar-refractivity contribution in [3.8, 4) is 72.6 Å². The first-order chi connectivity index (χ1) is 57.9. The summed E-state index contributed by atoms with van der Waals surface area (Å²) in [6, 6.07) is 93.3. The monoisotopic (exact) mass is 2580 g/mol. The SMILES string of the molecule is C#C/C=C/c1cc[c-]c(=O)cc1.C#CC(=C)c1cc[c-]c(=O)cc1.C#CCCc1cc[c-]c(=O)cc1.C=CC#Cc1cc[c-]c(=O)cc1.CC#CCc1cc[c-]c(=O)cc1.CC1=CC1c1cc[c-]c(=O)cc1.CC1=CC1c1cc[c-]c(=O)cc1.CCC#Cc1cc[c-]c(=O)cc1.C[C@@H]1C=C1c1cc[c-]c(=O)cc1.C[C@H]1C=C1c1cc[c-]c(=O)cc1.[OH-].[OH-].[OH-].[OH-].[OH-].[OH-].[OH-].[OH-].[OH-].[OH-].[Rb+].[Rb+].[Rb+].[Rb+].[Rb+].[Rb+].[Rb+].[Rb+].[Rb+].[Rb+]. The Kier molecular flexibility index (Phi) is 139. The quantitative estimate of drug-likeness (QED) is 0.0735. The van der Waals surface area contributed by atoms with Crippen LogP contribution in [0, 0.1) is 145 Å². The van der Waals surface area contributed by atoms with Crippen molar-refractivity contribution in [1.29, 1.82) is 0 Å². The van der Waals surface area contributed by atoms with E-state index >= 15 is 0 Å². The second-order valence-corrected chi connectivity index (χ2v) is 25.8. The largest absolute Gasteiger partial charge is 1.00 e. The van der Waals surface area contributed by atoms with E-state index in [-0.39, 0.29) is 691 Å². The fourth-order valence-electron chi connectivity index (χ4n) is 9.77. The van der Waals surface area contributed by atoms with Crippen molar-refractivity contribution in [1.82, 2.24) is 0 Å². The molecule has 4 aliphatic carbocycles. The van der Waals surface area contributed by atoms with Crippen LogP contribution in [0.4, 0.5) is 0 Å². The summed E-state index contributed by atoms with van der Waals surface area (Å²) < 4.78 is 0. The number of terminal acetylenes is 3. The average molecular weight is 2590 g/mol. The number of aryl methyl sites for hydroxylation is 1. The first kappa shape index (κ1) is 178. The smallest absolute Gasteiger partial charge is 0.870 e. The zero-order valence-electron chi connectivity index (χ0n) is 82.0. The van der Waals surface area contributed by atoms with E-state index in [4.69, 9.17) is 19.3 Å². The average Bonchev–Trinajstić information content (AvgIpc) is 1.69. The van der Waals surface area contributed by atoms with Crippen molar-refractivity contribution < 1.29 is 637 Å². The number of hydrogen-bond acceptors (Lipinski definition) is 20. The summed E-state index contributed by atoms with van der Waals surface area (Å²) in [6.45, 7) is 19.4. The Morgan fingerprint density at radius 2 is 0.686 bits per heavy atom. The topological polar surface area (TPSA) is 471 Å². The third-order valence-electron chi connectivity index (χ3n) is 16.5. The van der Waals surface area contributed by atoms with Crippen LogP contribution in [0.2, 0.25) is 0 Å². The molecule has 4 atom stereocenters. The molecule has 0 aromatic heterocycles. The van der Waals surface area contributed by atoms with Gasteiger partial charge in [0.05, 0.1) is 54.3 Å². The molecule has 14 rings (SSSR count). The van der Waals surface area contributed by atoms with E-state index in [9.17, 15) is 47.9 Å². The van der Waals surface area contributed by atoms with Gasteiger partial charge in [-0.15, -0.1) is 247 Å². The molecule has 0 radical (unpaired) electrons. The van der Waals surface area contributed by atoms with Gasteiger partial charge in [0.2, 0.25) is 0 Å². The van der Waals surface area contributed by atoms with Crippen molar-refractivity contribution in [2.24, 2.45) is 11.8 Å². The fraction of sp³-hybridized carbons (Fsp3) is 0.127. The van der Waals surface area contributed by atoms with Crippen LogP contribution in [0.15, 0.2) is 351 Å². The molecule has 2 unspecified atom stereocenters. The van der Waals surface area contributed by atoms with Crippen molar-refractivity contribution in [3.05, 3.63) is 522 Å². The molecule has 0 saturated heterocycles. The molecule has 10 aromatic rings. The molecule has 10 N–H and O–H groups in total. The molecule has 140 heavy (non-hydrogen) atoms. The van der Waals surface area contributed by atoms with Crippen LogP contribution >= 0.6 is 0 Å².